The van der Waals surface area contributed by atoms with Crippen LogP contribution < -0.4 is 10.6 Å². The van der Waals surface area contributed by atoms with E-state index in [-0.39, 0.29) is 25.0 Å². The highest BCUT2D eigenvalue weighted by Crippen LogP contribution is 2.13. The lowest BCUT2D eigenvalue weighted by Crippen LogP contribution is -2.49. The highest BCUT2D eigenvalue weighted by atomic mass is 16.3. The first-order valence-corrected chi connectivity index (χ1v) is 6.76. The summed E-state index contributed by atoms with van der Waals surface area (Å²) in [7, 11) is 0. The van der Waals surface area contributed by atoms with Gasteiger partial charge < -0.3 is 15.7 Å². The molecular formula is C15H22N2O3. The second-order valence-corrected chi connectivity index (χ2v) is 4.98. The van der Waals surface area contributed by atoms with Crippen LogP contribution in [-0.2, 0) is 4.79 Å². The molecule has 0 heterocycles. The highest BCUT2D eigenvalue weighted by molar-refractivity contribution is 5.96. The molecule has 110 valence electrons. The van der Waals surface area contributed by atoms with Gasteiger partial charge in [0.05, 0.1) is 6.54 Å². The first-order valence-electron chi connectivity index (χ1n) is 6.76. The van der Waals surface area contributed by atoms with Crippen LogP contribution in [0.25, 0.3) is 0 Å². The lowest BCUT2D eigenvalue weighted by molar-refractivity contribution is -0.122. The molecule has 5 heteroatoms. The minimum Gasteiger partial charge on any atom is -0.396 e. The van der Waals surface area contributed by atoms with Crippen LogP contribution in [0.4, 0.5) is 0 Å². The molecule has 1 atom stereocenters. The van der Waals surface area contributed by atoms with E-state index in [0.29, 0.717) is 18.4 Å². The van der Waals surface area contributed by atoms with Crippen molar-refractivity contribution in [3.63, 3.8) is 0 Å². The highest BCUT2D eigenvalue weighted by Gasteiger charge is 2.23. The largest absolute Gasteiger partial charge is 0.396 e. The maximum absolute atomic E-state index is 11.8. The van der Waals surface area contributed by atoms with E-state index in [1.807, 2.05) is 19.9 Å². The smallest absolute Gasteiger partial charge is 0.251 e. The zero-order valence-corrected chi connectivity index (χ0v) is 12.0. The molecule has 0 aliphatic rings. The van der Waals surface area contributed by atoms with E-state index < -0.39 is 5.54 Å². The summed E-state index contributed by atoms with van der Waals surface area (Å²) >= 11 is 0. The molecular weight excluding hydrogens is 256 g/mol. The molecule has 0 aromatic heterocycles. The Balaban J connectivity index is 2.45. The van der Waals surface area contributed by atoms with Crippen molar-refractivity contribution in [2.24, 2.45) is 0 Å². The number of hydrogen-bond donors (Lipinski definition) is 3. The molecule has 1 unspecified atom stereocenters. The number of aliphatic hydroxyl groups is 1. The molecule has 1 aromatic rings. The zero-order chi connectivity index (χ0) is 15.0. The lowest BCUT2D eigenvalue weighted by Gasteiger charge is -2.29. The fourth-order valence-corrected chi connectivity index (χ4v) is 1.81. The standard InChI is InChI=1S/C15H22N2O3/c1-3-15(2,9-10-18)17-13(19)11-16-14(20)12-7-5-4-6-8-12/h4-8,18H,3,9-11H2,1-2H3,(H,16,20)(H,17,19). The topological polar surface area (TPSA) is 78.4 Å². The summed E-state index contributed by atoms with van der Waals surface area (Å²) in [6.45, 7) is 3.76. The third-order valence-corrected chi connectivity index (χ3v) is 3.33. The third kappa shape index (κ3) is 5.01. The molecule has 1 rings (SSSR count). The summed E-state index contributed by atoms with van der Waals surface area (Å²) in [6.07, 6.45) is 1.20. The molecule has 0 aliphatic heterocycles. The number of rotatable bonds is 7. The predicted octanol–water partition coefficient (Wildman–Crippen LogP) is 1.08. The van der Waals surface area contributed by atoms with Crippen molar-refractivity contribution in [2.45, 2.75) is 32.2 Å². The second-order valence-electron chi connectivity index (χ2n) is 4.98. The van der Waals surface area contributed by atoms with Crippen LogP contribution in [0.2, 0.25) is 0 Å². The summed E-state index contributed by atoms with van der Waals surface area (Å²) in [5.74, 6) is -0.534. The Kier molecular flexibility index (Phi) is 6.18. The molecule has 0 bridgehead atoms. The number of benzene rings is 1. The van der Waals surface area contributed by atoms with E-state index in [9.17, 15) is 9.59 Å². The maximum Gasteiger partial charge on any atom is 0.251 e. The van der Waals surface area contributed by atoms with Gasteiger partial charge in [0.1, 0.15) is 0 Å². The summed E-state index contributed by atoms with van der Waals surface area (Å²) in [6, 6.07) is 8.74. The number of amides is 2. The quantitative estimate of drug-likeness (QED) is 0.698. The molecule has 20 heavy (non-hydrogen) atoms. The number of aliphatic hydroxyl groups excluding tert-OH is 1. The van der Waals surface area contributed by atoms with Crippen LogP contribution in [0, 0.1) is 0 Å². The second kappa shape index (κ2) is 7.65. The van der Waals surface area contributed by atoms with Crippen LogP contribution in [0.5, 0.6) is 0 Å². The Morgan fingerprint density at radius 3 is 2.45 bits per heavy atom. The van der Waals surface area contributed by atoms with Crippen molar-refractivity contribution < 1.29 is 14.7 Å². The Labute approximate surface area is 119 Å². The lowest BCUT2D eigenvalue weighted by atomic mass is 9.95. The monoisotopic (exact) mass is 278 g/mol. The molecule has 0 saturated heterocycles. The summed E-state index contributed by atoms with van der Waals surface area (Å²) in [5.41, 5.74) is 0.0810. The van der Waals surface area contributed by atoms with E-state index in [1.54, 1.807) is 24.3 Å². The van der Waals surface area contributed by atoms with Gasteiger partial charge in [-0.3, -0.25) is 9.59 Å². The SMILES string of the molecule is CCC(C)(CCO)NC(=O)CNC(=O)c1ccccc1. The van der Waals surface area contributed by atoms with Gasteiger partial charge in [-0.25, -0.2) is 0 Å². The fraction of sp³-hybridized carbons (Fsp3) is 0.467. The van der Waals surface area contributed by atoms with Gasteiger partial charge >= 0.3 is 0 Å². The molecule has 0 saturated carbocycles. The summed E-state index contributed by atoms with van der Waals surface area (Å²) < 4.78 is 0. The molecule has 5 nitrogen and oxygen atoms in total. The fourth-order valence-electron chi connectivity index (χ4n) is 1.81. The van der Waals surface area contributed by atoms with E-state index in [4.69, 9.17) is 5.11 Å². The van der Waals surface area contributed by atoms with Gasteiger partial charge in [-0.15, -0.1) is 0 Å². The third-order valence-electron chi connectivity index (χ3n) is 3.33. The molecule has 0 spiro atoms. The summed E-state index contributed by atoms with van der Waals surface area (Å²) in [5, 5.41) is 14.4. The van der Waals surface area contributed by atoms with E-state index in [1.165, 1.54) is 0 Å². The number of carbonyl (C=O) groups is 2. The van der Waals surface area contributed by atoms with E-state index in [0.717, 1.165) is 0 Å². The van der Waals surface area contributed by atoms with Crippen molar-refractivity contribution in [1.29, 1.82) is 0 Å². The molecule has 1 aromatic carbocycles. The Hall–Kier alpha value is -1.88. The van der Waals surface area contributed by atoms with Gasteiger partial charge in [0.15, 0.2) is 0 Å². The van der Waals surface area contributed by atoms with Crippen LogP contribution >= 0.6 is 0 Å². The minimum atomic E-state index is -0.441. The van der Waals surface area contributed by atoms with Gasteiger partial charge in [0.25, 0.3) is 5.91 Å². The van der Waals surface area contributed by atoms with Crippen molar-refractivity contribution >= 4 is 11.8 Å². The van der Waals surface area contributed by atoms with Crippen molar-refractivity contribution in [3.05, 3.63) is 35.9 Å². The number of nitrogens with one attached hydrogen (secondary N) is 2. The molecule has 2 amide bonds. The zero-order valence-electron chi connectivity index (χ0n) is 12.0. The van der Waals surface area contributed by atoms with Crippen LogP contribution in [0.15, 0.2) is 30.3 Å². The Morgan fingerprint density at radius 1 is 1.25 bits per heavy atom. The van der Waals surface area contributed by atoms with Crippen LogP contribution in [0.1, 0.15) is 37.0 Å². The van der Waals surface area contributed by atoms with Crippen molar-refractivity contribution in [1.82, 2.24) is 10.6 Å². The van der Waals surface area contributed by atoms with E-state index in [2.05, 4.69) is 10.6 Å². The Bertz CT molecular complexity index is 448. The minimum absolute atomic E-state index is 0.0149. The first-order chi connectivity index (χ1) is 9.50. The molecule has 0 aliphatic carbocycles. The van der Waals surface area contributed by atoms with Crippen LogP contribution in [0.3, 0.4) is 0 Å². The van der Waals surface area contributed by atoms with Crippen molar-refractivity contribution in [3.8, 4) is 0 Å². The normalized spacial score (nSPS) is 13.3. The average Bonchev–Trinajstić information content (AvgIpc) is 2.46. The molecule has 3 N–H and O–H groups in total. The van der Waals surface area contributed by atoms with Gasteiger partial charge in [0.2, 0.25) is 5.91 Å². The Morgan fingerprint density at radius 2 is 1.90 bits per heavy atom. The first kappa shape index (κ1) is 16.2. The maximum atomic E-state index is 11.8. The number of hydrogen-bond acceptors (Lipinski definition) is 3. The molecule has 0 fully saturated rings. The predicted molar refractivity (Wildman–Crippen MR) is 77.3 cm³/mol. The molecule has 0 radical (unpaired) electrons. The van der Waals surface area contributed by atoms with Crippen LogP contribution in [-0.4, -0.2) is 35.6 Å². The van der Waals surface area contributed by atoms with Gasteiger partial charge in [0, 0.05) is 17.7 Å². The van der Waals surface area contributed by atoms with Crippen molar-refractivity contribution in [2.75, 3.05) is 13.2 Å². The van der Waals surface area contributed by atoms with Gasteiger partial charge in [-0.05, 0) is 31.9 Å². The average molecular weight is 278 g/mol. The summed E-state index contributed by atoms with van der Waals surface area (Å²) in [4.78, 5) is 23.6. The van der Waals surface area contributed by atoms with E-state index >= 15 is 0 Å². The van der Waals surface area contributed by atoms with Gasteiger partial charge in [-0.1, -0.05) is 25.1 Å². The van der Waals surface area contributed by atoms with Gasteiger partial charge in [-0.2, -0.15) is 0 Å². The number of carbonyl (C=O) groups excluding carboxylic acids is 2.